The summed E-state index contributed by atoms with van der Waals surface area (Å²) >= 11 is 7.31. The maximum Gasteiger partial charge on any atom is 0.275 e. The number of benzene rings is 2. The monoisotopic (exact) mass is 354 g/mol. The average molecular weight is 355 g/mol. The van der Waals surface area contributed by atoms with E-state index in [0.29, 0.717) is 16.4 Å². The third-order valence-corrected chi connectivity index (χ3v) is 4.67. The standard InChI is InChI=1S/C17H11ClN4OS/c18-12-3-1-10(2-4-12)17-21-15(9-24-17)16(23)20-13-5-6-14-11(7-13)8-19-22-14/h1-9H,(H,19,22)(H,20,23). The summed E-state index contributed by atoms with van der Waals surface area (Å²) in [6.07, 6.45) is 1.71. The number of thiazole rings is 1. The van der Waals surface area contributed by atoms with Crippen molar-refractivity contribution in [2.45, 2.75) is 0 Å². The fourth-order valence-electron chi connectivity index (χ4n) is 2.32. The molecule has 1 amide bonds. The third kappa shape index (κ3) is 2.89. The molecule has 24 heavy (non-hydrogen) atoms. The van der Waals surface area contributed by atoms with Gasteiger partial charge in [-0.05, 0) is 30.3 Å². The molecule has 0 radical (unpaired) electrons. The number of fused-ring (bicyclic) bond motifs is 1. The van der Waals surface area contributed by atoms with Gasteiger partial charge in [0.05, 0.1) is 11.7 Å². The van der Waals surface area contributed by atoms with Crippen molar-refractivity contribution < 1.29 is 4.79 Å². The summed E-state index contributed by atoms with van der Waals surface area (Å²) < 4.78 is 0. The SMILES string of the molecule is O=C(Nc1ccc2[nH]ncc2c1)c1csc(-c2ccc(Cl)cc2)n1. The smallest absolute Gasteiger partial charge is 0.275 e. The fraction of sp³-hybridized carbons (Fsp3) is 0. The van der Waals surface area contributed by atoms with Crippen molar-refractivity contribution in [2.75, 3.05) is 5.32 Å². The molecule has 4 rings (SSSR count). The Hall–Kier alpha value is -2.70. The van der Waals surface area contributed by atoms with E-state index in [1.807, 2.05) is 30.3 Å². The molecular formula is C17H11ClN4OS. The van der Waals surface area contributed by atoms with E-state index in [2.05, 4.69) is 20.5 Å². The lowest BCUT2D eigenvalue weighted by Crippen LogP contribution is -2.12. The number of halogens is 1. The number of nitrogens with zero attached hydrogens (tertiary/aromatic N) is 2. The summed E-state index contributed by atoms with van der Waals surface area (Å²) in [5.74, 6) is -0.241. The van der Waals surface area contributed by atoms with E-state index in [-0.39, 0.29) is 5.91 Å². The molecule has 0 bridgehead atoms. The van der Waals surface area contributed by atoms with Crippen LogP contribution in [0.1, 0.15) is 10.5 Å². The number of anilines is 1. The molecule has 0 saturated carbocycles. The van der Waals surface area contributed by atoms with E-state index < -0.39 is 0 Å². The number of carbonyl (C=O) groups is 1. The van der Waals surface area contributed by atoms with Gasteiger partial charge in [-0.25, -0.2) is 4.98 Å². The van der Waals surface area contributed by atoms with Gasteiger partial charge >= 0.3 is 0 Å². The maximum absolute atomic E-state index is 12.4. The summed E-state index contributed by atoms with van der Waals surface area (Å²) in [7, 11) is 0. The Kier molecular flexibility index (Phi) is 3.76. The number of nitrogens with one attached hydrogen (secondary N) is 2. The van der Waals surface area contributed by atoms with Crippen LogP contribution in [-0.4, -0.2) is 21.1 Å². The van der Waals surface area contributed by atoms with Crippen molar-refractivity contribution in [2.24, 2.45) is 0 Å². The quantitative estimate of drug-likeness (QED) is 0.565. The van der Waals surface area contributed by atoms with Crippen molar-refractivity contribution in [1.29, 1.82) is 0 Å². The Morgan fingerprint density at radius 1 is 1.17 bits per heavy atom. The zero-order chi connectivity index (χ0) is 16.5. The lowest BCUT2D eigenvalue weighted by atomic mass is 10.2. The molecule has 2 aromatic heterocycles. The van der Waals surface area contributed by atoms with Crippen LogP contribution in [0.15, 0.2) is 54.0 Å². The summed E-state index contributed by atoms with van der Waals surface area (Å²) in [5, 5.41) is 13.8. The summed E-state index contributed by atoms with van der Waals surface area (Å²) in [4.78, 5) is 16.8. The third-order valence-electron chi connectivity index (χ3n) is 3.53. The molecule has 2 aromatic carbocycles. The molecule has 0 aliphatic rings. The van der Waals surface area contributed by atoms with Gasteiger partial charge in [0.25, 0.3) is 5.91 Å². The summed E-state index contributed by atoms with van der Waals surface area (Å²) in [6, 6.07) is 12.9. The van der Waals surface area contributed by atoms with Crippen LogP contribution in [0.25, 0.3) is 21.5 Å². The second-order valence-corrected chi connectivity index (χ2v) is 6.47. The highest BCUT2D eigenvalue weighted by Gasteiger charge is 2.12. The van der Waals surface area contributed by atoms with Crippen LogP contribution in [0.5, 0.6) is 0 Å². The van der Waals surface area contributed by atoms with Crippen LogP contribution >= 0.6 is 22.9 Å². The Morgan fingerprint density at radius 2 is 2.00 bits per heavy atom. The molecule has 2 heterocycles. The van der Waals surface area contributed by atoms with E-state index >= 15 is 0 Å². The molecule has 0 atom stereocenters. The lowest BCUT2D eigenvalue weighted by Gasteiger charge is -2.03. The molecule has 7 heteroatoms. The summed E-state index contributed by atoms with van der Waals surface area (Å²) in [5.41, 5.74) is 2.95. The van der Waals surface area contributed by atoms with Crippen LogP contribution in [0.2, 0.25) is 5.02 Å². The largest absolute Gasteiger partial charge is 0.321 e. The molecule has 2 N–H and O–H groups in total. The number of rotatable bonds is 3. The molecule has 4 aromatic rings. The van der Waals surface area contributed by atoms with Gasteiger partial charge in [0.1, 0.15) is 10.7 Å². The van der Waals surface area contributed by atoms with Crippen molar-refractivity contribution in [3.63, 3.8) is 0 Å². The predicted octanol–water partition coefficient (Wildman–Crippen LogP) is 4.59. The van der Waals surface area contributed by atoms with Crippen LogP contribution in [0.4, 0.5) is 5.69 Å². The molecule has 0 fully saturated rings. The van der Waals surface area contributed by atoms with Crippen LogP contribution < -0.4 is 5.32 Å². The first kappa shape index (κ1) is 14.9. The van der Waals surface area contributed by atoms with Crippen molar-refractivity contribution in [3.05, 3.63) is 64.8 Å². The van der Waals surface area contributed by atoms with E-state index in [9.17, 15) is 4.79 Å². The number of hydrogen-bond donors (Lipinski definition) is 2. The Morgan fingerprint density at radius 3 is 2.83 bits per heavy atom. The minimum absolute atomic E-state index is 0.241. The number of amides is 1. The Bertz CT molecular complexity index is 1020. The minimum atomic E-state index is -0.241. The van der Waals surface area contributed by atoms with E-state index in [0.717, 1.165) is 21.5 Å². The highest BCUT2D eigenvalue weighted by atomic mass is 35.5. The normalized spacial score (nSPS) is 10.9. The second kappa shape index (κ2) is 6.07. The van der Waals surface area contributed by atoms with Gasteiger partial charge in [0, 0.05) is 27.0 Å². The summed E-state index contributed by atoms with van der Waals surface area (Å²) in [6.45, 7) is 0. The van der Waals surface area contributed by atoms with Crippen LogP contribution in [0, 0.1) is 0 Å². The topological polar surface area (TPSA) is 70.7 Å². The van der Waals surface area contributed by atoms with Gasteiger partial charge in [-0.15, -0.1) is 11.3 Å². The van der Waals surface area contributed by atoms with E-state index in [4.69, 9.17) is 11.6 Å². The number of aromatic nitrogens is 3. The number of aromatic amines is 1. The molecule has 5 nitrogen and oxygen atoms in total. The molecule has 0 spiro atoms. The Labute approximate surface area is 146 Å². The fourth-order valence-corrected chi connectivity index (χ4v) is 3.25. The molecule has 0 aliphatic carbocycles. The molecule has 0 aliphatic heterocycles. The van der Waals surface area contributed by atoms with E-state index in [1.54, 1.807) is 23.7 Å². The first-order chi connectivity index (χ1) is 11.7. The zero-order valence-corrected chi connectivity index (χ0v) is 13.9. The average Bonchev–Trinajstić information content (AvgIpc) is 3.24. The minimum Gasteiger partial charge on any atom is -0.321 e. The van der Waals surface area contributed by atoms with Crippen molar-refractivity contribution in [1.82, 2.24) is 15.2 Å². The number of hydrogen-bond acceptors (Lipinski definition) is 4. The van der Waals surface area contributed by atoms with Crippen LogP contribution in [0.3, 0.4) is 0 Å². The first-order valence-electron chi connectivity index (χ1n) is 7.15. The van der Waals surface area contributed by atoms with Gasteiger partial charge in [0.2, 0.25) is 0 Å². The highest BCUT2D eigenvalue weighted by Crippen LogP contribution is 2.25. The van der Waals surface area contributed by atoms with E-state index in [1.165, 1.54) is 11.3 Å². The van der Waals surface area contributed by atoms with Gasteiger partial charge < -0.3 is 5.32 Å². The Balaban J connectivity index is 1.55. The molecule has 0 saturated heterocycles. The van der Waals surface area contributed by atoms with Gasteiger partial charge in [-0.3, -0.25) is 9.89 Å². The van der Waals surface area contributed by atoms with Gasteiger partial charge in [-0.2, -0.15) is 5.10 Å². The molecule has 118 valence electrons. The van der Waals surface area contributed by atoms with Gasteiger partial charge in [0.15, 0.2) is 0 Å². The lowest BCUT2D eigenvalue weighted by molar-refractivity contribution is 0.102. The molecular weight excluding hydrogens is 344 g/mol. The maximum atomic E-state index is 12.4. The highest BCUT2D eigenvalue weighted by molar-refractivity contribution is 7.13. The number of H-pyrrole nitrogens is 1. The van der Waals surface area contributed by atoms with Crippen LogP contribution in [-0.2, 0) is 0 Å². The van der Waals surface area contributed by atoms with Crippen molar-refractivity contribution >= 4 is 45.4 Å². The predicted molar refractivity (Wildman–Crippen MR) is 96.6 cm³/mol. The molecule has 0 unspecified atom stereocenters. The second-order valence-electron chi connectivity index (χ2n) is 5.17. The number of carbonyl (C=O) groups excluding carboxylic acids is 1. The first-order valence-corrected chi connectivity index (χ1v) is 8.41. The zero-order valence-electron chi connectivity index (χ0n) is 12.3. The van der Waals surface area contributed by atoms with Crippen molar-refractivity contribution in [3.8, 4) is 10.6 Å². The van der Waals surface area contributed by atoms with Gasteiger partial charge in [-0.1, -0.05) is 23.7 Å².